The molecule has 0 unspecified atom stereocenters. The smallest absolute Gasteiger partial charge is 0.267 e. The Morgan fingerprint density at radius 3 is 2.63 bits per heavy atom. The quantitative estimate of drug-likeness (QED) is 0.791. The van der Waals surface area contributed by atoms with Crippen molar-refractivity contribution in [3.8, 4) is 6.07 Å². The lowest BCUT2D eigenvalue weighted by Crippen LogP contribution is -2.42. The van der Waals surface area contributed by atoms with Crippen LogP contribution >= 0.6 is 0 Å². The van der Waals surface area contributed by atoms with E-state index in [1.807, 2.05) is 11.0 Å². The number of pyridine rings is 1. The molecule has 4 heterocycles. The summed E-state index contributed by atoms with van der Waals surface area (Å²) in [6, 6.07) is 6.84. The summed E-state index contributed by atoms with van der Waals surface area (Å²) >= 11 is 0. The van der Waals surface area contributed by atoms with E-state index in [1.54, 1.807) is 18.2 Å². The molecule has 2 fully saturated rings. The second-order valence-corrected chi connectivity index (χ2v) is 7.27. The van der Waals surface area contributed by atoms with Crippen molar-refractivity contribution in [1.82, 2.24) is 20.0 Å². The molecule has 2 N–H and O–H groups in total. The third-order valence-electron chi connectivity index (χ3n) is 5.45. The van der Waals surface area contributed by atoms with Crippen LogP contribution in [0.25, 0.3) is 0 Å². The summed E-state index contributed by atoms with van der Waals surface area (Å²) in [5.74, 6) is -0.194. The first-order valence-corrected chi connectivity index (χ1v) is 9.75. The highest BCUT2D eigenvalue weighted by atomic mass is 16.7. The van der Waals surface area contributed by atoms with E-state index in [-0.39, 0.29) is 23.6 Å². The molecule has 2 aromatic rings. The van der Waals surface area contributed by atoms with Gasteiger partial charge in [0.05, 0.1) is 17.9 Å². The van der Waals surface area contributed by atoms with E-state index in [0.29, 0.717) is 50.3 Å². The standard InChI is InChI=1S/C20H21N7O3/c21-10-13-1-2-15(23-11-13)17-5-8-30-27(17)20(29)14-3-6-26(7-4-14)18-9-16(19(22)28)24-12-25-18/h1-2,9,11-12,14,17H,3-8H2,(H2,22,28)/t17-/m0/s1. The van der Waals surface area contributed by atoms with Crippen LogP contribution in [0.3, 0.4) is 0 Å². The van der Waals surface area contributed by atoms with E-state index in [1.165, 1.54) is 17.6 Å². The molecule has 1 atom stereocenters. The van der Waals surface area contributed by atoms with Crippen molar-refractivity contribution in [3.05, 3.63) is 47.7 Å². The Morgan fingerprint density at radius 2 is 1.97 bits per heavy atom. The number of primary amides is 1. The number of carbonyl (C=O) groups is 2. The second-order valence-electron chi connectivity index (χ2n) is 7.27. The van der Waals surface area contributed by atoms with Gasteiger partial charge in [-0.15, -0.1) is 0 Å². The molecule has 2 amide bonds. The van der Waals surface area contributed by atoms with Gasteiger partial charge in [0, 0.05) is 37.7 Å². The average Bonchev–Trinajstić information content (AvgIpc) is 3.29. The van der Waals surface area contributed by atoms with Gasteiger partial charge in [0.2, 0.25) is 5.91 Å². The maximum Gasteiger partial charge on any atom is 0.267 e. The van der Waals surface area contributed by atoms with E-state index in [2.05, 4.69) is 15.0 Å². The summed E-state index contributed by atoms with van der Waals surface area (Å²) in [6.45, 7) is 1.70. The third kappa shape index (κ3) is 3.92. The number of nitrogens with two attached hydrogens (primary N) is 1. The lowest BCUT2D eigenvalue weighted by molar-refractivity contribution is -0.182. The molecule has 10 nitrogen and oxygen atoms in total. The van der Waals surface area contributed by atoms with Crippen molar-refractivity contribution in [3.63, 3.8) is 0 Å². The molecule has 2 saturated heterocycles. The first-order chi connectivity index (χ1) is 14.6. The first-order valence-electron chi connectivity index (χ1n) is 9.75. The summed E-state index contributed by atoms with van der Waals surface area (Å²) in [7, 11) is 0. The predicted molar refractivity (Wildman–Crippen MR) is 105 cm³/mol. The van der Waals surface area contributed by atoms with Crippen LogP contribution in [0, 0.1) is 17.2 Å². The number of rotatable bonds is 4. The van der Waals surface area contributed by atoms with Crippen LogP contribution in [0.5, 0.6) is 0 Å². The van der Waals surface area contributed by atoms with E-state index < -0.39 is 5.91 Å². The van der Waals surface area contributed by atoms with Gasteiger partial charge in [-0.3, -0.25) is 19.4 Å². The molecule has 0 aromatic carbocycles. The number of amides is 2. The van der Waals surface area contributed by atoms with Gasteiger partial charge in [0.15, 0.2) is 0 Å². The van der Waals surface area contributed by atoms with Crippen LogP contribution in [-0.4, -0.2) is 51.5 Å². The topological polar surface area (TPSA) is 138 Å². The molecule has 2 aromatic heterocycles. The molecule has 0 aliphatic carbocycles. The molecular formula is C20H21N7O3. The minimum absolute atomic E-state index is 0.0520. The molecule has 10 heteroatoms. The van der Waals surface area contributed by atoms with Crippen molar-refractivity contribution >= 4 is 17.6 Å². The minimum atomic E-state index is -0.600. The Labute approximate surface area is 173 Å². The number of nitriles is 1. The van der Waals surface area contributed by atoms with Crippen LogP contribution in [-0.2, 0) is 9.63 Å². The monoisotopic (exact) mass is 407 g/mol. The Balaban J connectivity index is 1.40. The lowest BCUT2D eigenvalue weighted by atomic mass is 9.95. The molecular weight excluding hydrogens is 386 g/mol. The Bertz CT molecular complexity index is 981. The normalized spacial score (nSPS) is 19.5. The van der Waals surface area contributed by atoms with Crippen LogP contribution in [0.2, 0.25) is 0 Å². The molecule has 154 valence electrons. The summed E-state index contributed by atoms with van der Waals surface area (Å²) < 4.78 is 0. The Kier molecular flexibility index (Phi) is 5.54. The Hall–Kier alpha value is -3.58. The van der Waals surface area contributed by atoms with Crippen LogP contribution in [0.4, 0.5) is 5.82 Å². The maximum atomic E-state index is 13.1. The zero-order valence-electron chi connectivity index (χ0n) is 16.3. The molecule has 2 aliphatic rings. The first kappa shape index (κ1) is 19.7. The molecule has 4 rings (SSSR count). The fourth-order valence-corrected chi connectivity index (χ4v) is 3.81. The number of carbonyl (C=O) groups excluding carboxylic acids is 2. The minimum Gasteiger partial charge on any atom is -0.364 e. The Morgan fingerprint density at radius 1 is 1.17 bits per heavy atom. The van der Waals surface area contributed by atoms with Crippen molar-refractivity contribution < 1.29 is 14.4 Å². The number of anilines is 1. The number of hydroxylamine groups is 2. The van der Waals surface area contributed by atoms with Gasteiger partial charge >= 0.3 is 0 Å². The van der Waals surface area contributed by atoms with E-state index >= 15 is 0 Å². The summed E-state index contributed by atoms with van der Waals surface area (Å²) in [6.07, 6.45) is 4.78. The fraction of sp³-hybridized carbons (Fsp3) is 0.400. The predicted octanol–water partition coefficient (Wildman–Crippen LogP) is 0.964. The van der Waals surface area contributed by atoms with Gasteiger partial charge in [-0.25, -0.2) is 15.0 Å². The number of aromatic nitrogens is 3. The van der Waals surface area contributed by atoms with E-state index in [9.17, 15) is 9.59 Å². The summed E-state index contributed by atoms with van der Waals surface area (Å²) in [5, 5.41) is 10.4. The van der Waals surface area contributed by atoms with E-state index in [4.69, 9.17) is 15.8 Å². The van der Waals surface area contributed by atoms with Gasteiger partial charge in [0.25, 0.3) is 5.91 Å². The lowest BCUT2D eigenvalue weighted by Gasteiger charge is -2.34. The average molecular weight is 407 g/mol. The molecule has 0 spiro atoms. The van der Waals surface area contributed by atoms with Crippen LogP contribution < -0.4 is 10.6 Å². The van der Waals surface area contributed by atoms with Gasteiger partial charge in [-0.2, -0.15) is 5.26 Å². The zero-order valence-corrected chi connectivity index (χ0v) is 16.3. The van der Waals surface area contributed by atoms with Crippen molar-refractivity contribution in [2.75, 3.05) is 24.6 Å². The van der Waals surface area contributed by atoms with Gasteiger partial charge < -0.3 is 10.6 Å². The van der Waals surface area contributed by atoms with Crippen molar-refractivity contribution in [2.45, 2.75) is 25.3 Å². The number of hydrogen-bond donors (Lipinski definition) is 1. The van der Waals surface area contributed by atoms with Gasteiger partial charge in [-0.1, -0.05) is 0 Å². The third-order valence-corrected chi connectivity index (χ3v) is 5.45. The van der Waals surface area contributed by atoms with Crippen molar-refractivity contribution in [2.24, 2.45) is 11.7 Å². The number of nitrogens with zero attached hydrogens (tertiary/aromatic N) is 6. The molecule has 0 bridgehead atoms. The highest BCUT2D eigenvalue weighted by molar-refractivity contribution is 5.91. The van der Waals surface area contributed by atoms with Crippen molar-refractivity contribution in [1.29, 1.82) is 5.26 Å². The highest BCUT2D eigenvalue weighted by Gasteiger charge is 2.37. The number of hydrogen-bond acceptors (Lipinski definition) is 8. The van der Waals surface area contributed by atoms with Crippen LogP contribution in [0.1, 0.15) is 47.1 Å². The van der Waals surface area contributed by atoms with Gasteiger partial charge in [0.1, 0.15) is 30.0 Å². The maximum absolute atomic E-state index is 13.1. The number of piperidine rings is 1. The van der Waals surface area contributed by atoms with E-state index in [0.717, 1.165) is 5.69 Å². The largest absolute Gasteiger partial charge is 0.364 e. The summed E-state index contributed by atoms with van der Waals surface area (Å²) in [5.41, 5.74) is 6.65. The van der Waals surface area contributed by atoms with Crippen LogP contribution in [0.15, 0.2) is 30.7 Å². The zero-order chi connectivity index (χ0) is 21.1. The molecule has 30 heavy (non-hydrogen) atoms. The molecule has 0 radical (unpaired) electrons. The second kappa shape index (κ2) is 8.42. The fourth-order valence-electron chi connectivity index (χ4n) is 3.81. The summed E-state index contributed by atoms with van der Waals surface area (Å²) in [4.78, 5) is 44.5. The molecule has 0 saturated carbocycles. The highest BCUT2D eigenvalue weighted by Crippen LogP contribution is 2.33. The van der Waals surface area contributed by atoms with Gasteiger partial charge in [-0.05, 0) is 25.0 Å². The molecule has 2 aliphatic heterocycles. The SMILES string of the molecule is N#Cc1ccc([C@@H]2CCON2C(=O)C2CCN(c3cc(C(N)=O)ncn3)CC2)nc1.